The molecule has 3 rings (SSSR count). The molecular formula is C22H33N3O2. The van der Waals surface area contributed by atoms with Crippen molar-refractivity contribution in [2.45, 2.75) is 52.0 Å². The molecule has 2 heterocycles. The Bertz CT molecular complexity index is 629. The van der Waals surface area contributed by atoms with Gasteiger partial charge in [0.25, 0.3) is 5.91 Å². The molecule has 0 aromatic heterocycles. The monoisotopic (exact) mass is 371 g/mol. The van der Waals surface area contributed by atoms with E-state index in [1.807, 2.05) is 36.1 Å². The number of carbonyl (C=O) groups is 2. The van der Waals surface area contributed by atoms with Gasteiger partial charge in [0.2, 0.25) is 5.91 Å². The van der Waals surface area contributed by atoms with Crippen LogP contribution in [0.2, 0.25) is 0 Å². The SMILES string of the molecule is Cc1ccc(C(=O)N2CCC(NC(=O)CC(C)C3CCNCC3)CC2)cc1. The van der Waals surface area contributed by atoms with Gasteiger partial charge < -0.3 is 15.5 Å². The maximum atomic E-state index is 12.6. The van der Waals surface area contributed by atoms with Crippen LogP contribution in [0.15, 0.2) is 24.3 Å². The Morgan fingerprint density at radius 3 is 2.37 bits per heavy atom. The number of carbonyl (C=O) groups excluding carboxylic acids is 2. The topological polar surface area (TPSA) is 61.4 Å². The fourth-order valence-electron chi connectivity index (χ4n) is 4.26. The van der Waals surface area contributed by atoms with Gasteiger partial charge in [-0.1, -0.05) is 24.6 Å². The predicted octanol–water partition coefficient (Wildman–Crippen LogP) is 2.74. The molecule has 5 nitrogen and oxygen atoms in total. The van der Waals surface area contributed by atoms with E-state index < -0.39 is 0 Å². The molecule has 0 radical (unpaired) electrons. The number of amides is 2. The fourth-order valence-corrected chi connectivity index (χ4v) is 4.26. The van der Waals surface area contributed by atoms with Crippen LogP contribution in [0.25, 0.3) is 0 Å². The Labute approximate surface area is 162 Å². The molecular weight excluding hydrogens is 338 g/mol. The van der Waals surface area contributed by atoms with E-state index in [-0.39, 0.29) is 17.9 Å². The number of aryl methyl sites for hydroxylation is 1. The van der Waals surface area contributed by atoms with Crippen molar-refractivity contribution in [1.29, 1.82) is 0 Å². The van der Waals surface area contributed by atoms with E-state index >= 15 is 0 Å². The van der Waals surface area contributed by atoms with Crippen LogP contribution in [-0.4, -0.2) is 48.9 Å². The quantitative estimate of drug-likeness (QED) is 0.837. The first-order chi connectivity index (χ1) is 13.0. The number of rotatable bonds is 5. The van der Waals surface area contributed by atoms with Crippen LogP contribution in [0.5, 0.6) is 0 Å². The Kier molecular flexibility index (Phi) is 6.89. The maximum absolute atomic E-state index is 12.6. The van der Waals surface area contributed by atoms with Crippen LogP contribution in [0.3, 0.4) is 0 Å². The standard InChI is InChI=1S/C22H33N3O2/c1-16-3-5-19(6-4-16)22(27)25-13-9-20(10-14-25)24-21(26)15-17(2)18-7-11-23-12-8-18/h3-6,17-18,20,23H,7-15H2,1-2H3,(H,24,26). The molecule has 2 aliphatic heterocycles. The molecule has 2 saturated heterocycles. The first-order valence-electron chi connectivity index (χ1n) is 10.4. The second kappa shape index (κ2) is 9.36. The highest BCUT2D eigenvalue weighted by Gasteiger charge is 2.26. The molecule has 2 aliphatic rings. The number of nitrogens with zero attached hydrogens (tertiary/aromatic N) is 1. The summed E-state index contributed by atoms with van der Waals surface area (Å²) >= 11 is 0. The Morgan fingerprint density at radius 2 is 1.74 bits per heavy atom. The number of nitrogens with one attached hydrogen (secondary N) is 2. The van der Waals surface area contributed by atoms with Crippen molar-refractivity contribution < 1.29 is 9.59 Å². The van der Waals surface area contributed by atoms with Gasteiger partial charge in [0, 0.05) is 31.1 Å². The van der Waals surface area contributed by atoms with Gasteiger partial charge in [-0.3, -0.25) is 9.59 Å². The zero-order valence-electron chi connectivity index (χ0n) is 16.7. The van der Waals surface area contributed by atoms with E-state index in [9.17, 15) is 9.59 Å². The van der Waals surface area contributed by atoms with Gasteiger partial charge in [-0.25, -0.2) is 0 Å². The number of benzene rings is 1. The minimum Gasteiger partial charge on any atom is -0.353 e. The molecule has 0 aliphatic carbocycles. The van der Waals surface area contributed by atoms with Gasteiger partial charge in [-0.2, -0.15) is 0 Å². The van der Waals surface area contributed by atoms with E-state index in [0.29, 0.717) is 31.3 Å². The second-order valence-electron chi connectivity index (χ2n) is 8.27. The number of hydrogen-bond donors (Lipinski definition) is 2. The normalized spacial score (nSPS) is 20.3. The number of hydrogen-bond acceptors (Lipinski definition) is 3. The van der Waals surface area contributed by atoms with Gasteiger partial charge in [-0.15, -0.1) is 0 Å². The first kappa shape index (κ1) is 19.9. The molecule has 1 atom stereocenters. The zero-order valence-corrected chi connectivity index (χ0v) is 16.7. The summed E-state index contributed by atoms with van der Waals surface area (Å²) in [7, 11) is 0. The van der Waals surface area contributed by atoms with Crippen molar-refractivity contribution in [3.05, 3.63) is 35.4 Å². The van der Waals surface area contributed by atoms with E-state index in [0.717, 1.165) is 37.1 Å². The van der Waals surface area contributed by atoms with E-state index in [1.165, 1.54) is 12.8 Å². The second-order valence-corrected chi connectivity index (χ2v) is 8.27. The largest absolute Gasteiger partial charge is 0.353 e. The van der Waals surface area contributed by atoms with Crippen LogP contribution in [0.1, 0.15) is 54.9 Å². The summed E-state index contributed by atoms with van der Waals surface area (Å²) in [5.41, 5.74) is 1.91. The van der Waals surface area contributed by atoms with Crippen molar-refractivity contribution in [1.82, 2.24) is 15.5 Å². The summed E-state index contributed by atoms with van der Waals surface area (Å²) in [6.07, 6.45) is 4.64. The van der Waals surface area contributed by atoms with Crippen molar-refractivity contribution in [3.63, 3.8) is 0 Å². The lowest BCUT2D eigenvalue weighted by Crippen LogP contribution is -2.47. The molecule has 1 aromatic rings. The molecule has 5 heteroatoms. The van der Waals surface area contributed by atoms with E-state index in [2.05, 4.69) is 17.6 Å². The predicted molar refractivity (Wildman–Crippen MR) is 108 cm³/mol. The molecule has 2 N–H and O–H groups in total. The Balaban J connectivity index is 1.41. The third kappa shape index (κ3) is 5.55. The smallest absolute Gasteiger partial charge is 0.253 e. The fraction of sp³-hybridized carbons (Fsp3) is 0.636. The highest BCUT2D eigenvalue weighted by molar-refractivity contribution is 5.94. The molecule has 2 fully saturated rings. The minimum absolute atomic E-state index is 0.0966. The molecule has 1 unspecified atom stereocenters. The van der Waals surface area contributed by atoms with Crippen molar-refractivity contribution in [3.8, 4) is 0 Å². The molecule has 0 bridgehead atoms. The average Bonchev–Trinajstić information content (AvgIpc) is 2.69. The van der Waals surface area contributed by atoms with Crippen LogP contribution in [-0.2, 0) is 4.79 Å². The minimum atomic E-state index is 0.0966. The van der Waals surface area contributed by atoms with E-state index in [4.69, 9.17) is 0 Å². The van der Waals surface area contributed by atoms with Gasteiger partial charge in [-0.05, 0) is 69.7 Å². The highest BCUT2D eigenvalue weighted by Crippen LogP contribution is 2.24. The summed E-state index contributed by atoms with van der Waals surface area (Å²) in [5.74, 6) is 1.37. The molecule has 0 saturated carbocycles. The molecule has 2 amide bonds. The third-order valence-corrected chi connectivity index (χ3v) is 6.14. The summed E-state index contributed by atoms with van der Waals surface area (Å²) in [6.45, 7) is 7.80. The van der Waals surface area contributed by atoms with Crippen molar-refractivity contribution >= 4 is 11.8 Å². The zero-order chi connectivity index (χ0) is 19.2. The summed E-state index contributed by atoms with van der Waals surface area (Å²) < 4.78 is 0. The number of likely N-dealkylation sites (tertiary alicyclic amines) is 1. The van der Waals surface area contributed by atoms with Gasteiger partial charge in [0.15, 0.2) is 0 Å². The molecule has 27 heavy (non-hydrogen) atoms. The van der Waals surface area contributed by atoms with Gasteiger partial charge in [0.05, 0.1) is 0 Å². The highest BCUT2D eigenvalue weighted by atomic mass is 16.2. The van der Waals surface area contributed by atoms with Crippen LogP contribution < -0.4 is 10.6 Å². The van der Waals surface area contributed by atoms with Crippen LogP contribution >= 0.6 is 0 Å². The van der Waals surface area contributed by atoms with Crippen LogP contribution in [0, 0.1) is 18.8 Å². The lowest BCUT2D eigenvalue weighted by Gasteiger charge is -2.33. The van der Waals surface area contributed by atoms with Crippen LogP contribution in [0.4, 0.5) is 0 Å². The number of piperidine rings is 2. The summed E-state index contributed by atoms with van der Waals surface area (Å²) in [5, 5.41) is 6.59. The molecule has 0 spiro atoms. The van der Waals surface area contributed by atoms with Crippen molar-refractivity contribution in [2.75, 3.05) is 26.2 Å². The lowest BCUT2D eigenvalue weighted by atomic mass is 9.84. The van der Waals surface area contributed by atoms with Gasteiger partial charge >= 0.3 is 0 Å². The lowest BCUT2D eigenvalue weighted by molar-refractivity contribution is -0.123. The third-order valence-electron chi connectivity index (χ3n) is 6.14. The van der Waals surface area contributed by atoms with Crippen molar-refractivity contribution in [2.24, 2.45) is 11.8 Å². The Hall–Kier alpha value is -1.88. The summed E-state index contributed by atoms with van der Waals surface area (Å²) in [6, 6.07) is 7.94. The Morgan fingerprint density at radius 1 is 1.11 bits per heavy atom. The van der Waals surface area contributed by atoms with Gasteiger partial charge in [0.1, 0.15) is 0 Å². The maximum Gasteiger partial charge on any atom is 0.253 e. The molecule has 148 valence electrons. The first-order valence-corrected chi connectivity index (χ1v) is 10.4. The molecule has 1 aromatic carbocycles. The average molecular weight is 372 g/mol. The van der Waals surface area contributed by atoms with E-state index in [1.54, 1.807) is 0 Å². The summed E-state index contributed by atoms with van der Waals surface area (Å²) in [4.78, 5) is 26.9.